The van der Waals surface area contributed by atoms with Gasteiger partial charge in [-0.2, -0.15) is 0 Å². The van der Waals surface area contributed by atoms with Crippen molar-refractivity contribution in [3.63, 3.8) is 0 Å². The van der Waals surface area contributed by atoms with Gasteiger partial charge in [-0.05, 0) is 37.5 Å². The van der Waals surface area contributed by atoms with E-state index < -0.39 is 0 Å². The molecular weight excluding hydrogens is 316 g/mol. The summed E-state index contributed by atoms with van der Waals surface area (Å²) in [7, 11) is 0. The quantitative estimate of drug-likeness (QED) is 0.567. The van der Waals surface area contributed by atoms with E-state index in [0.717, 1.165) is 30.6 Å². The summed E-state index contributed by atoms with van der Waals surface area (Å²) in [6.07, 6.45) is 4.43. The fraction of sp³-hybridized carbons (Fsp3) is 0.400. The maximum absolute atomic E-state index is 11.1. The summed E-state index contributed by atoms with van der Waals surface area (Å²) < 4.78 is 6.67. The zero-order valence-corrected chi connectivity index (χ0v) is 14.2. The van der Waals surface area contributed by atoms with Gasteiger partial charge in [-0.25, -0.2) is 0 Å². The molecule has 2 aromatic rings. The Bertz CT molecular complexity index is 896. The molecule has 128 valence electrons. The van der Waals surface area contributed by atoms with Crippen LogP contribution in [-0.4, -0.2) is 10.6 Å². The van der Waals surface area contributed by atoms with E-state index in [2.05, 4.69) is 36.1 Å². The van der Waals surface area contributed by atoms with Crippen LogP contribution in [0.4, 0.5) is 11.4 Å². The number of nitro benzene ring substituents is 1. The van der Waals surface area contributed by atoms with Crippen LogP contribution < -0.4 is 9.64 Å². The first-order chi connectivity index (χ1) is 12.1. The van der Waals surface area contributed by atoms with E-state index in [1.165, 1.54) is 17.7 Å². The molecule has 2 heterocycles. The smallest absolute Gasteiger partial charge is 0.270 e. The highest BCUT2D eigenvalue weighted by atomic mass is 16.6. The van der Waals surface area contributed by atoms with E-state index in [1.807, 2.05) is 0 Å². The van der Waals surface area contributed by atoms with Gasteiger partial charge >= 0.3 is 0 Å². The number of para-hydroxylation sites is 1. The van der Waals surface area contributed by atoms with Gasteiger partial charge in [-0.3, -0.25) is 10.1 Å². The summed E-state index contributed by atoms with van der Waals surface area (Å²) in [5.74, 6) is 0.794. The van der Waals surface area contributed by atoms with Gasteiger partial charge in [0.05, 0.1) is 16.9 Å². The summed E-state index contributed by atoms with van der Waals surface area (Å²) in [4.78, 5) is 13.2. The second kappa shape index (κ2) is 4.75. The molecule has 0 aromatic heterocycles. The van der Waals surface area contributed by atoms with Crippen LogP contribution in [0.25, 0.3) is 0 Å². The van der Waals surface area contributed by atoms with E-state index >= 15 is 0 Å². The van der Waals surface area contributed by atoms with Crippen LogP contribution in [0.1, 0.15) is 43.7 Å². The van der Waals surface area contributed by atoms with Crippen molar-refractivity contribution in [2.75, 3.05) is 4.90 Å². The van der Waals surface area contributed by atoms with E-state index in [0.29, 0.717) is 6.54 Å². The van der Waals surface area contributed by atoms with E-state index in [1.54, 1.807) is 18.2 Å². The third-order valence-corrected chi connectivity index (χ3v) is 6.39. The summed E-state index contributed by atoms with van der Waals surface area (Å²) in [5.41, 5.74) is 3.14. The highest BCUT2D eigenvalue weighted by Crippen LogP contribution is 2.61. The topological polar surface area (TPSA) is 55.6 Å². The molecule has 2 aromatic carbocycles. The van der Waals surface area contributed by atoms with E-state index in [-0.39, 0.29) is 21.8 Å². The largest absolute Gasteiger partial charge is 0.467 e. The Morgan fingerprint density at radius 1 is 1.16 bits per heavy atom. The zero-order valence-electron chi connectivity index (χ0n) is 14.2. The van der Waals surface area contributed by atoms with Crippen LogP contribution in [-0.2, 0) is 12.0 Å². The molecule has 0 bridgehead atoms. The van der Waals surface area contributed by atoms with Crippen molar-refractivity contribution in [3.8, 4) is 5.75 Å². The van der Waals surface area contributed by atoms with Crippen molar-refractivity contribution in [2.24, 2.45) is 0 Å². The normalized spacial score (nSPS) is 29.1. The molecule has 5 rings (SSSR count). The zero-order chi connectivity index (χ0) is 17.2. The molecule has 1 fully saturated rings. The minimum absolute atomic E-state index is 0.0543. The standard InChI is InChI=1S/C20H20N2O3/c1-19-10-4-5-11-20(19)21(17-7-3-2-6-16(17)19)13-14-12-15(22(23)24)8-9-18(14)25-20/h2-3,6-9,12H,4-5,10-11,13H2,1H3/t19-,20+/m1/s1. The number of nitro groups is 1. The lowest BCUT2D eigenvalue weighted by Gasteiger charge is -2.53. The first-order valence-corrected chi connectivity index (χ1v) is 8.89. The molecule has 0 N–H and O–H groups in total. The van der Waals surface area contributed by atoms with Gasteiger partial charge in [0.1, 0.15) is 5.75 Å². The molecule has 1 aliphatic carbocycles. The highest BCUT2D eigenvalue weighted by molar-refractivity contribution is 5.68. The average Bonchev–Trinajstić information content (AvgIpc) is 2.85. The molecule has 2 atom stereocenters. The van der Waals surface area contributed by atoms with Gasteiger partial charge in [-0.15, -0.1) is 0 Å². The number of fused-ring (bicyclic) bond motifs is 4. The first kappa shape index (κ1) is 14.8. The van der Waals surface area contributed by atoms with Gasteiger partial charge in [0.15, 0.2) is 5.72 Å². The second-order valence-electron chi connectivity index (χ2n) is 7.58. The first-order valence-electron chi connectivity index (χ1n) is 8.89. The van der Waals surface area contributed by atoms with Crippen LogP contribution in [0.5, 0.6) is 5.75 Å². The minimum atomic E-state index is -0.377. The summed E-state index contributed by atoms with van der Waals surface area (Å²) in [6.45, 7) is 2.98. The number of hydrogen-bond acceptors (Lipinski definition) is 4. The fourth-order valence-electron chi connectivity index (χ4n) is 5.15. The van der Waals surface area contributed by atoms with Gasteiger partial charge in [0.25, 0.3) is 5.69 Å². The Morgan fingerprint density at radius 2 is 1.96 bits per heavy atom. The van der Waals surface area contributed by atoms with Crippen molar-refractivity contribution in [2.45, 2.75) is 50.3 Å². The Balaban J connectivity index is 1.71. The lowest BCUT2D eigenvalue weighted by atomic mass is 9.66. The summed E-state index contributed by atoms with van der Waals surface area (Å²) in [5, 5.41) is 11.1. The monoisotopic (exact) mass is 336 g/mol. The van der Waals surface area contributed by atoms with E-state index in [4.69, 9.17) is 4.74 Å². The number of rotatable bonds is 1. The third kappa shape index (κ3) is 1.73. The van der Waals surface area contributed by atoms with Gasteiger partial charge in [0.2, 0.25) is 0 Å². The van der Waals surface area contributed by atoms with Crippen molar-refractivity contribution >= 4 is 11.4 Å². The predicted octanol–water partition coefficient (Wildman–Crippen LogP) is 4.54. The third-order valence-electron chi connectivity index (χ3n) is 6.39. The maximum Gasteiger partial charge on any atom is 0.270 e. The lowest BCUT2D eigenvalue weighted by molar-refractivity contribution is -0.385. The molecule has 0 unspecified atom stereocenters. The number of hydrogen-bond donors (Lipinski definition) is 0. The second-order valence-corrected chi connectivity index (χ2v) is 7.58. The molecule has 0 radical (unpaired) electrons. The minimum Gasteiger partial charge on any atom is -0.467 e. The van der Waals surface area contributed by atoms with Crippen LogP contribution in [0.3, 0.4) is 0 Å². The Labute approximate surface area is 146 Å². The fourth-order valence-corrected chi connectivity index (χ4v) is 5.15. The number of ether oxygens (including phenoxy) is 1. The molecular formula is C20H20N2O3. The molecule has 25 heavy (non-hydrogen) atoms. The average molecular weight is 336 g/mol. The van der Waals surface area contributed by atoms with Crippen LogP contribution in [0, 0.1) is 10.1 Å². The highest BCUT2D eigenvalue weighted by Gasteiger charge is 2.63. The molecule has 1 spiro atoms. The van der Waals surface area contributed by atoms with E-state index in [9.17, 15) is 10.1 Å². The molecule has 1 saturated carbocycles. The summed E-state index contributed by atoms with van der Waals surface area (Å²) in [6, 6.07) is 13.5. The molecule has 0 saturated heterocycles. The molecule has 5 heteroatoms. The Hall–Kier alpha value is -2.56. The van der Waals surface area contributed by atoms with Crippen molar-refractivity contribution in [1.82, 2.24) is 0 Å². The molecule has 2 aliphatic heterocycles. The van der Waals surface area contributed by atoms with Crippen LogP contribution in [0.2, 0.25) is 0 Å². The Kier molecular flexibility index (Phi) is 2.80. The van der Waals surface area contributed by atoms with Gasteiger partial charge in [0, 0.05) is 29.8 Å². The SMILES string of the molecule is C[C@]12CCCC[C@]13Oc1ccc([N+](=O)[O-])cc1CN3c1ccccc12. The van der Waals surface area contributed by atoms with Crippen molar-refractivity contribution in [3.05, 3.63) is 63.7 Å². The predicted molar refractivity (Wildman–Crippen MR) is 94.9 cm³/mol. The van der Waals surface area contributed by atoms with Crippen LogP contribution in [0.15, 0.2) is 42.5 Å². The molecule has 3 aliphatic rings. The molecule has 5 nitrogen and oxygen atoms in total. The number of benzene rings is 2. The van der Waals surface area contributed by atoms with Crippen molar-refractivity contribution < 1.29 is 9.66 Å². The molecule has 0 amide bonds. The Morgan fingerprint density at radius 3 is 2.80 bits per heavy atom. The number of anilines is 1. The maximum atomic E-state index is 11.1. The number of nitrogens with zero attached hydrogens (tertiary/aromatic N) is 2. The van der Waals surface area contributed by atoms with Gasteiger partial charge in [-0.1, -0.05) is 24.6 Å². The summed E-state index contributed by atoms with van der Waals surface area (Å²) >= 11 is 0. The number of non-ortho nitro benzene ring substituents is 1. The van der Waals surface area contributed by atoms with Gasteiger partial charge < -0.3 is 9.64 Å². The lowest BCUT2D eigenvalue weighted by Crippen LogP contribution is -2.63. The van der Waals surface area contributed by atoms with Crippen LogP contribution >= 0.6 is 0 Å². The van der Waals surface area contributed by atoms with Crippen molar-refractivity contribution in [1.29, 1.82) is 0 Å².